The van der Waals surface area contributed by atoms with Crippen molar-refractivity contribution in [1.82, 2.24) is 0 Å². The van der Waals surface area contributed by atoms with E-state index in [0.29, 0.717) is 5.92 Å². The quantitative estimate of drug-likeness (QED) is 0.796. The van der Waals surface area contributed by atoms with E-state index >= 15 is 0 Å². The van der Waals surface area contributed by atoms with E-state index in [1.807, 2.05) is 11.3 Å². The molecule has 2 rings (SSSR count). The van der Waals surface area contributed by atoms with Crippen LogP contribution in [0.2, 0.25) is 0 Å². The van der Waals surface area contributed by atoms with Crippen LogP contribution >= 0.6 is 11.3 Å². The Hall–Kier alpha value is -0.340. The fourth-order valence-electron chi connectivity index (χ4n) is 2.41. The third kappa shape index (κ3) is 1.61. The fraction of sp³-hybridized carbons (Fsp3) is 0.667. The molecule has 14 heavy (non-hydrogen) atoms. The molecule has 2 atom stereocenters. The molecule has 2 N–H and O–H groups in total. The Morgan fingerprint density at radius 1 is 1.57 bits per heavy atom. The lowest BCUT2D eigenvalue weighted by molar-refractivity contribution is 0.412. The molecule has 1 aliphatic carbocycles. The van der Waals surface area contributed by atoms with E-state index in [-0.39, 0.29) is 0 Å². The van der Waals surface area contributed by atoms with Gasteiger partial charge in [0.1, 0.15) is 0 Å². The van der Waals surface area contributed by atoms with Crippen LogP contribution < -0.4 is 5.73 Å². The highest BCUT2D eigenvalue weighted by molar-refractivity contribution is 7.12. The summed E-state index contributed by atoms with van der Waals surface area (Å²) in [5, 5.41) is 0. The Morgan fingerprint density at radius 2 is 2.36 bits per heavy atom. The lowest BCUT2D eigenvalue weighted by Gasteiger charge is -2.27. The molecule has 78 valence electrons. The number of rotatable bonds is 2. The van der Waals surface area contributed by atoms with E-state index in [9.17, 15) is 0 Å². The standard InChI is InChI=1S/C12H19NS/c1-3-9-6-10-11(7-13)8(2)4-5-12(10)14-9/h6,8,11H,3-5,7,13H2,1-2H3. The maximum Gasteiger partial charge on any atom is 0.00836 e. The molecule has 0 bridgehead atoms. The summed E-state index contributed by atoms with van der Waals surface area (Å²) >= 11 is 2.00. The van der Waals surface area contributed by atoms with Gasteiger partial charge in [-0.25, -0.2) is 0 Å². The third-order valence-electron chi connectivity index (χ3n) is 3.41. The zero-order valence-electron chi connectivity index (χ0n) is 9.05. The van der Waals surface area contributed by atoms with Crippen molar-refractivity contribution in [2.75, 3.05) is 6.54 Å². The zero-order chi connectivity index (χ0) is 10.1. The molecule has 0 saturated carbocycles. The van der Waals surface area contributed by atoms with Gasteiger partial charge in [0.15, 0.2) is 0 Å². The van der Waals surface area contributed by atoms with Gasteiger partial charge in [-0.2, -0.15) is 0 Å². The van der Waals surface area contributed by atoms with E-state index in [2.05, 4.69) is 19.9 Å². The maximum atomic E-state index is 5.86. The molecule has 1 heterocycles. The fourth-order valence-corrected chi connectivity index (χ4v) is 3.60. The van der Waals surface area contributed by atoms with Crippen molar-refractivity contribution in [3.63, 3.8) is 0 Å². The largest absolute Gasteiger partial charge is 0.330 e. The van der Waals surface area contributed by atoms with E-state index in [0.717, 1.165) is 12.5 Å². The highest BCUT2D eigenvalue weighted by Crippen LogP contribution is 2.39. The minimum Gasteiger partial charge on any atom is -0.330 e. The lowest BCUT2D eigenvalue weighted by Crippen LogP contribution is -2.23. The Morgan fingerprint density at radius 3 is 3.00 bits per heavy atom. The van der Waals surface area contributed by atoms with Gasteiger partial charge in [-0.15, -0.1) is 11.3 Å². The number of thiophene rings is 1. The SMILES string of the molecule is CCc1cc2c(s1)CCC(C)C2CN. The van der Waals surface area contributed by atoms with Crippen LogP contribution in [0.5, 0.6) is 0 Å². The van der Waals surface area contributed by atoms with Crippen LogP contribution in [0.3, 0.4) is 0 Å². The van der Waals surface area contributed by atoms with Crippen molar-refractivity contribution in [3.8, 4) is 0 Å². The molecule has 1 nitrogen and oxygen atoms in total. The molecule has 2 unspecified atom stereocenters. The zero-order valence-corrected chi connectivity index (χ0v) is 9.86. The average Bonchev–Trinajstić information content (AvgIpc) is 2.60. The predicted molar refractivity (Wildman–Crippen MR) is 63.0 cm³/mol. The molecule has 1 aromatic rings. The van der Waals surface area contributed by atoms with Gasteiger partial charge < -0.3 is 5.73 Å². The normalized spacial score (nSPS) is 26.2. The Kier molecular flexibility index (Phi) is 2.93. The second kappa shape index (κ2) is 4.03. The van der Waals surface area contributed by atoms with E-state index in [1.54, 1.807) is 10.4 Å². The van der Waals surface area contributed by atoms with Crippen LogP contribution in [-0.4, -0.2) is 6.54 Å². The molecular weight excluding hydrogens is 190 g/mol. The summed E-state index contributed by atoms with van der Waals surface area (Å²) in [6.07, 6.45) is 3.76. The van der Waals surface area contributed by atoms with E-state index in [1.165, 1.54) is 24.1 Å². The van der Waals surface area contributed by atoms with Gasteiger partial charge in [0.05, 0.1) is 0 Å². The first-order valence-corrected chi connectivity index (χ1v) is 6.39. The molecule has 0 aliphatic heterocycles. The van der Waals surface area contributed by atoms with Crippen LogP contribution in [0, 0.1) is 5.92 Å². The van der Waals surface area contributed by atoms with E-state index < -0.39 is 0 Å². The molecule has 0 saturated heterocycles. The van der Waals surface area contributed by atoms with E-state index in [4.69, 9.17) is 5.73 Å². The number of fused-ring (bicyclic) bond motifs is 1. The molecule has 0 aromatic carbocycles. The molecule has 0 amide bonds. The summed E-state index contributed by atoms with van der Waals surface area (Å²) in [7, 11) is 0. The summed E-state index contributed by atoms with van der Waals surface area (Å²) in [5.41, 5.74) is 7.43. The van der Waals surface area contributed by atoms with Crippen molar-refractivity contribution < 1.29 is 0 Å². The molecule has 1 aliphatic rings. The van der Waals surface area contributed by atoms with Gasteiger partial charge in [0.2, 0.25) is 0 Å². The highest BCUT2D eigenvalue weighted by atomic mass is 32.1. The smallest absolute Gasteiger partial charge is 0.00836 e. The Balaban J connectivity index is 2.35. The highest BCUT2D eigenvalue weighted by Gasteiger charge is 2.27. The first-order chi connectivity index (χ1) is 6.76. The Bertz CT molecular complexity index is 316. The molecular formula is C12H19NS. The lowest BCUT2D eigenvalue weighted by atomic mass is 9.79. The first kappa shape index (κ1) is 10.2. The number of hydrogen-bond donors (Lipinski definition) is 1. The average molecular weight is 209 g/mol. The van der Waals surface area contributed by atoms with Gasteiger partial charge in [0, 0.05) is 9.75 Å². The Labute approximate surface area is 90.3 Å². The van der Waals surface area contributed by atoms with Gasteiger partial charge >= 0.3 is 0 Å². The third-order valence-corrected chi connectivity index (χ3v) is 4.76. The van der Waals surface area contributed by atoms with Crippen molar-refractivity contribution >= 4 is 11.3 Å². The van der Waals surface area contributed by atoms with Gasteiger partial charge in [-0.1, -0.05) is 13.8 Å². The van der Waals surface area contributed by atoms with Crippen molar-refractivity contribution in [2.24, 2.45) is 11.7 Å². The van der Waals surface area contributed by atoms with Crippen LogP contribution in [0.15, 0.2) is 6.07 Å². The van der Waals surface area contributed by atoms with Crippen molar-refractivity contribution in [2.45, 2.75) is 39.0 Å². The number of hydrogen-bond acceptors (Lipinski definition) is 2. The number of aryl methyl sites for hydroxylation is 2. The molecule has 2 heteroatoms. The van der Waals surface area contributed by atoms with Crippen molar-refractivity contribution in [1.29, 1.82) is 0 Å². The van der Waals surface area contributed by atoms with Crippen LogP contribution in [0.4, 0.5) is 0 Å². The van der Waals surface area contributed by atoms with Crippen LogP contribution in [-0.2, 0) is 12.8 Å². The van der Waals surface area contributed by atoms with Crippen molar-refractivity contribution in [3.05, 3.63) is 21.4 Å². The second-order valence-electron chi connectivity index (χ2n) is 4.30. The topological polar surface area (TPSA) is 26.0 Å². The first-order valence-electron chi connectivity index (χ1n) is 5.57. The van der Waals surface area contributed by atoms with Gasteiger partial charge in [0.25, 0.3) is 0 Å². The summed E-state index contributed by atoms with van der Waals surface area (Å²) in [6, 6.07) is 2.40. The maximum absolute atomic E-state index is 5.86. The van der Waals surface area contributed by atoms with Gasteiger partial charge in [-0.3, -0.25) is 0 Å². The summed E-state index contributed by atoms with van der Waals surface area (Å²) in [6.45, 7) is 5.38. The van der Waals surface area contributed by atoms with Gasteiger partial charge in [-0.05, 0) is 49.3 Å². The minimum absolute atomic E-state index is 0.621. The molecule has 1 aromatic heterocycles. The predicted octanol–water partition coefficient (Wildman–Crippen LogP) is 2.94. The van der Waals surface area contributed by atoms with Crippen LogP contribution in [0.1, 0.15) is 41.5 Å². The monoisotopic (exact) mass is 209 g/mol. The van der Waals surface area contributed by atoms with Crippen LogP contribution in [0.25, 0.3) is 0 Å². The molecule has 0 spiro atoms. The summed E-state index contributed by atoms with van der Waals surface area (Å²) in [5.74, 6) is 1.39. The molecule has 0 fully saturated rings. The molecule has 0 radical (unpaired) electrons. The number of nitrogens with two attached hydrogens (primary N) is 1. The minimum atomic E-state index is 0.621. The summed E-state index contributed by atoms with van der Waals surface area (Å²) < 4.78 is 0. The second-order valence-corrected chi connectivity index (χ2v) is 5.52. The summed E-state index contributed by atoms with van der Waals surface area (Å²) in [4.78, 5) is 3.14.